The Morgan fingerprint density at radius 3 is 3.00 bits per heavy atom. The van der Waals surface area contributed by atoms with Crippen LogP contribution in [0, 0.1) is 5.92 Å². The number of carbonyl (C=O) groups excluding carboxylic acids is 1. The second-order valence-corrected chi connectivity index (χ2v) is 8.94. The molecule has 2 aliphatic carbocycles. The van der Waals surface area contributed by atoms with Gasteiger partial charge in [0.15, 0.2) is 0 Å². The maximum atomic E-state index is 12.1. The van der Waals surface area contributed by atoms with E-state index in [0.717, 1.165) is 41.5 Å². The summed E-state index contributed by atoms with van der Waals surface area (Å²) in [5, 5.41) is 2.12. The summed E-state index contributed by atoms with van der Waals surface area (Å²) in [6.07, 6.45) is 9.62. The predicted octanol–water partition coefficient (Wildman–Crippen LogP) is 4.39. The number of aryl methyl sites for hydroxylation is 1. The molecule has 4 rings (SSSR count). The van der Waals surface area contributed by atoms with Crippen LogP contribution in [0.4, 0.5) is 0 Å². The largest absolute Gasteiger partial charge is 0.462 e. The van der Waals surface area contributed by atoms with E-state index in [2.05, 4.69) is 16.9 Å². The Morgan fingerprint density at radius 2 is 2.17 bits per heavy atom. The summed E-state index contributed by atoms with van der Waals surface area (Å²) in [4.78, 5) is 23.5. The number of carbonyl (C=O) groups is 1. The highest BCUT2D eigenvalue weighted by Gasteiger charge is 2.24. The molecule has 1 saturated carbocycles. The molecule has 0 spiro atoms. The predicted molar refractivity (Wildman–Crippen MR) is 97.7 cm³/mol. The average molecular weight is 363 g/mol. The fraction of sp³-hybridized carbons (Fsp3) is 0.611. The number of rotatable bonds is 4. The van der Waals surface area contributed by atoms with Gasteiger partial charge in [0.1, 0.15) is 22.3 Å². The van der Waals surface area contributed by atoms with E-state index in [4.69, 9.17) is 4.74 Å². The van der Waals surface area contributed by atoms with Crippen molar-refractivity contribution in [1.29, 1.82) is 0 Å². The second kappa shape index (κ2) is 7.00. The lowest BCUT2D eigenvalue weighted by Gasteiger charge is -2.18. The van der Waals surface area contributed by atoms with Gasteiger partial charge in [0.25, 0.3) is 0 Å². The van der Waals surface area contributed by atoms with Crippen LogP contribution in [0.3, 0.4) is 0 Å². The number of aromatic nitrogens is 2. The summed E-state index contributed by atoms with van der Waals surface area (Å²) >= 11 is 3.30. The van der Waals surface area contributed by atoms with Gasteiger partial charge in [-0.05, 0) is 56.4 Å². The molecule has 6 heteroatoms. The van der Waals surface area contributed by atoms with Crippen LogP contribution in [0.1, 0.15) is 49.5 Å². The highest BCUT2D eigenvalue weighted by molar-refractivity contribution is 8.00. The van der Waals surface area contributed by atoms with Crippen LogP contribution in [0.15, 0.2) is 11.4 Å². The topological polar surface area (TPSA) is 52.1 Å². The highest BCUT2D eigenvalue weighted by atomic mass is 32.2. The van der Waals surface area contributed by atoms with Crippen molar-refractivity contribution >= 4 is 39.3 Å². The van der Waals surface area contributed by atoms with Crippen LogP contribution in [0.25, 0.3) is 10.2 Å². The number of esters is 1. The summed E-state index contributed by atoms with van der Waals surface area (Å²) < 4.78 is 5.55. The van der Waals surface area contributed by atoms with E-state index in [1.54, 1.807) is 17.7 Å². The Hall–Kier alpha value is -1.14. The maximum Gasteiger partial charge on any atom is 0.316 e. The fourth-order valence-electron chi connectivity index (χ4n) is 3.71. The van der Waals surface area contributed by atoms with E-state index in [1.165, 1.54) is 46.9 Å². The first-order chi connectivity index (χ1) is 11.7. The van der Waals surface area contributed by atoms with E-state index in [9.17, 15) is 4.79 Å². The van der Waals surface area contributed by atoms with Crippen molar-refractivity contribution < 1.29 is 9.53 Å². The van der Waals surface area contributed by atoms with Crippen LogP contribution in [0.5, 0.6) is 0 Å². The fourth-order valence-corrected chi connectivity index (χ4v) is 5.93. The number of thiophene rings is 1. The van der Waals surface area contributed by atoms with E-state index >= 15 is 0 Å². The molecule has 0 aromatic carbocycles. The lowest BCUT2D eigenvalue weighted by atomic mass is 9.89. The van der Waals surface area contributed by atoms with Crippen LogP contribution >= 0.6 is 23.1 Å². The highest BCUT2D eigenvalue weighted by Crippen LogP contribution is 2.40. The summed E-state index contributed by atoms with van der Waals surface area (Å²) in [5.41, 5.74) is 1.42. The number of thioether (sulfide) groups is 1. The van der Waals surface area contributed by atoms with Crippen LogP contribution in [0.2, 0.25) is 0 Å². The third-order valence-electron chi connectivity index (χ3n) is 4.98. The Morgan fingerprint density at radius 1 is 1.33 bits per heavy atom. The number of nitrogens with zero attached hydrogens (tertiary/aromatic N) is 2. The van der Waals surface area contributed by atoms with Crippen molar-refractivity contribution in [2.24, 2.45) is 5.92 Å². The third-order valence-corrected chi connectivity index (χ3v) is 7.11. The molecule has 1 fully saturated rings. The van der Waals surface area contributed by atoms with Gasteiger partial charge in [-0.15, -0.1) is 11.3 Å². The molecule has 1 atom stereocenters. The first kappa shape index (κ1) is 16.3. The van der Waals surface area contributed by atoms with Crippen molar-refractivity contribution in [3.05, 3.63) is 16.8 Å². The molecule has 1 unspecified atom stereocenters. The van der Waals surface area contributed by atoms with Gasteiger partial charge in [0.2, 0.25) is 0 Å². The van der Waals surface area contributed by atoms with E-state index < -0.39 is 0 Å². The van der Waals surface area contributed by atoms with Gasteiger partial charge in [-0.25, -0.2) is 9.97 Å². The lowest BCUT2D eigenvalue weighted by molar-refractivity contribution is -0.145. The Labute approximate surface area is 150 Å². The van der Waals surface area contributed by atoms with Gasteiger partial charge >= 0.3 is 5.97 Å². The molecule has 0 amide bonds. The molecule has 2 aliphatic rings. The normalized spacial score (nSPS) is 21.1. The van der Waals surface area contributed by atoms with Gasteiger partial charge in [0.05, 0.1) is 5.75 Å². The number of hydrogen-bond acceptors (Lipinski definition) is 6. The first-order valence-electron chi connectivity index (χ1n) is 8.78. The van der Waals surface area contributed by atoms with Gasteiger partial charge in [-0.1, -0.05) is 18.7 Å². The van der Waals surface area contributed by atoms with Crippen molar-refractivity contribution in [3.63, 3.8) is 0 Å². The monoisotopic (exact) mass is 362 g/mol. The van der Waals surface area contributed by atoms with Gasteiger partial charge in [-0.3, -0.25) is 4.79 Å². The molecular formula is C18H22N2O2S2. The molecule has 2 heterocycles. The third kappa shape index (κ3) is 3.31. The maximum absolute atomic E-state index is 12.1. The molecule has 128 valence electrons. The number of ether oxygens (including phenoxy) is 1. The van der Waals surface area contributed by atoms with Crippen molar-refractivity contribution in [3.8, 4) is 0 Å². The van der Waals surface area contributed by atoms with Gasteiger partial charge in [0, 0.05) is 10.3 Å². The minimum Gasteiger partial charge on any atom is -0.462 e. The Balaban J connectivity index is 1.50. The molecule has 0 aliphatic heterocycles. The van der Waals surface area contributed by atoms with Gasteiger partial charge in [-0.2, -0.15) is 0 Å². The second-order valence-electron chi connectivity index (χ2n) is 6.90. The quantitative estimate of drug-likeness (QED) is 0.458. The number of fused-ring (bicyclic) bond motifs is 3. The summed E-state index contributed by atoms with van der Waals surface area (Å²) in [5.74, 6) is 0.969. The SMILES string of the molecule is CC1CCc2c(sc3ncnc(SCC(=O)OC4CCCC4)c23)C1. The average Bonchev–Trinajstić information content (AvgIpc) is 3.19. The lowest BCUT2D eigenvalue weighted by Crippen LogP contribution is -2.16. The van der Waals surface area contributed by atoms with Crippen LogP contribution in [-0.2, 0) is 22.4 Å². The Kier molecular flexibility index (Phi) is 4.77. The van der Waals surface area contributed by atoms with E-state index in [0.29, 0.717) is 5.75 Å². The molecule has 0 saturated heterocycles. The zero-order valence-corrected chi connectivity index (χ0v) is 15.5. The smallest absolute Gasteiger partial charge is 0.316 e. The zero-order valence-electron chi connectivity index (χ0n) is 13.9. The van der Waals surface area contributed by atoms with Crippen LogP contribution in [-0.4, -0.2) is 27.8 Å². The molecule has 0 N–H and O–H groups in total. The molecule has 2 aromatic heterocycles. The first-order valence-corrected chi connectivity index (χ1v) is 10.6. The number of hydrogen-bond donors (Lipinski definition) is 0. The van der Waals surface area contributed by atoms with Crippen molar-refractivity contribution in [2.75, 3.05) is 5.75 Å². The molecule has 4 nitrogen and oxygen atoms in total. The van der Waals surface area contributed by atoms with E-state index in [-0.39, 0.29) is 12.1 Å². The molecule has 2 aromatic rings. The van der Waals surface area contributed by atoms with E-state index in [1.807, 2.05) is 0 Å². The zero-order chi connectivity index (χ0) is 16.5. The molecule has 24 heavy (non-hydrogen) atoms. The summed E-state index contributed by atoms with van der Waals surface area (Å²) in [7, 11) is 0. The molecule has 0 radical (unpaired) electrons. The Bertz CT molecular complexity index is 753. The van der Waals surface area contributed by atoms with Gasteiger partial charge < -0.3 is 4.74 Å². The van der Waals surface area contributed by atoms with Crippen molar-refractivity contribution in [2.45, 2.75) is 63.0 Å². The minimum atomic E-state index is -0.114. The molecule has 0 bridgehead atoms. The van der Waals surface area contributed by atoms with Crippen LogP contribution < -0.4 is 0 Å². The summed E-state index contributed by atoms with van der Waals surface area (Å²) in [6, 6.07) is 0. The summed E-state index contributed by atoms with van der Waals surface area (Å²) in [6.45, 7) is 2.31. The van der Waals surface area contributed by atoms with Crippen molar-refractivity contribution in [1.82, 2.24) is 9.97 Å². The standard InChI is InChI=1S/C18H22N2O2S2/c1-11-6-7-13-14(8-11)24-18-16(13)17(19-10-20-18)23-9-15(21)22-12-4-2-3-5-12/h10-12H,2-9H2,1H3. The molecular weight excluding hydrogens is 340 g/mol. The minimum absolute atomic E-state index is 0.114.